The minimum Gasteiger partial charge on any atom is -0.480 e. The highest BCUT2D eigenvalue weighted by atomic mass is 16.4. The predicted molar refractivity (Wildman–Crippen MR) is 81.4 cm³/mol. The van der Waals surface area contributed by atoms with E-state index in [9.17, 15) is 9.59 Å². The molecule has 114 valence electrons. The van der Waals surface area contributed by atoms with E-state index in [4.69, 9.17) is 5.11 Å². The van der Waals surface area contributed by atoms with Crippen LogP contribution in [-0.2, 0) is 22.4 Å². The van der Waals surface area contributed by atoms with Crippen LogP contribution in [0.4, 0.5) is 5.69 Å². The summed E-state index contributed by atoms with van der Waals surface area (Å²) in [5.74, 6) is -1.15. The quantitative estimate of drug-likeness (QED) is 0.869. The van der Waals surface area contributed by atoms with E-state index in [0.717, 1.165) is 18.5 Å². The standard InChI is InChI=1S/C16H22N2O3/c1-16(2,15(20)21)18(3)10-14(19)17-13-8-7-11-5-4-6-12(11)9-13/h7-9H,4-6,10H2,1-3H3,(H,17,19)(H,20,21). The van der Waals surface area contributed by atoms with Crippen LogP contribution in [0.3, 0.4) is 0 Å². The molecule has 0 unspecified atom stereocenters. The van der Waals surface area contributed by atoms with Crippen LogP contribution in [0.5, 0.6) is 0 Å². The molecule has 1 aromatic rings. The molecule has 0 bridgehead atoms. The lowest BCUT2D eigenvalue weighted by Crippen LogP contribution is -2.50. The minimum absolute atomic E-state index is 0.0381. The van der Waals surface area contributed by atoms with Crippen LogP contribution >= 0.6 is 0 Å². The molecule has 0 fully saturated rings. The van der Waals surface area contributed by atoms with Crippen molar-refractivity contribution in [2.24, 2.45) is 0 Å². The van der Waals surface area contributed by atoms with E-state index in [1.54, 1.807) is 20.9 Å². The van der Waals surface area contributed by atoms with Gasteiger partial charge in [0.05, 0.1) is 6.54 Å². The number of benzene rings is 1. The third-order valence-electron chi connectivity index (χ3n) is 4.24. The van der Waals surface area contributed by atoms with Crippen molar-refractivity contribution >= 4 is 17.6 Å². The van der Waals surface area contributed by atoms with Crippen LogP contribution in [0, 0.1) is 0 Å². The highest BCUT2D eigenvalue weighted by Gasteiger charge is 2.32. The highest BCUT2D eigenvalue weighted by molar-refractivity contribution is 5.93. The van der Waals surface area contributed by atoms with Crippen molar-refractivity contribution in [2.45, 2.75) is 38.6 Å². The van der Waals surface area contributed by atoms with E-state index < -0.39 is 11.5 Å². The first kappa shape index (κ1) is 15.5. The molecule has 0 atom stereocenters. The fourth-order valence-electron chi connectivity index (χ4n) is 2.43. The van der Waals surface area contributed by atoms with E-state index in [1.165, 1.54) is 22.4 Å². The zero-order valence-corrected chi connectivity index (χ0v) is 12.8. The lowest BCUT2D eigenvalue weighted by Gasteiger charge is -2.30. The first-order valence-corrected chi connectivity index (χ1v) is 7.17. The van der Waals surface area contributed by atoms with E-state index in [0.29, 0.717) is 0 Å². The van der Waals surface area contributed by atoms with E-state index in [1.807, 2.05) is 12.1 Å². The van der Waals surface area contributed by atoms with Gasteiger partial charge in [0.25, 0.3) is 0 Å². The van der Waals surface area contributed by atoms with Gasteiger partial charge in [-0.2, -0.15) is 0 Å². The summed E-state index contributed by atoms with van der Waals surface area (Å²) in [6, 6.07) is 5.98. The molecule has 1 aliphatic carbocycles. The number of carbonyl (C=O) groups excluding carboxylic acids is 1. The van der Waals surface area contributed by atoms with Gasteiger partial charge < -0.3 is 10.4 Å². The van der Waals surface area contributed by atoms with Gasteiger partial charge in [-0.05, 0) is 63.4 Å². The number of aryl methyl sites for hydroxylation is 2. The molecule has 0 aliphatic heterocycles. The number of carbonyl (C=O) groups is 2. The van der Waals surface area contributed by atoms with E-state index in [2.05, 4.69) is 11.4 Å². The van der Waals surface area contributed by atoms with Gasteiger partial charge in [0.15, 0.2) is 0 Å². The first-order chi connectivity index (χ1) is 9.80. The Kier molecular flexibility index (Phi) is 4.32. The number of carboxylic acid groups (broad SMARTS) is 1. The van der Waals surface area contributed by atoms with Crippen molar-refractivity contribution in [3.05, 3.63) is 29.3 Å². The third kappa shape index (κ3) is 3.42. The molecule has 0 saturated heterocycles. The number of amides is 1. The SMILES string of the molecule is CN(CC(=O)Nc1ccc2c(c1)CCC2)C(C)(C)C(=O)O. The maximum absolute atomic E-state index is 12.0. The van der Waals surface area contributed by atoms with E-state index in [-0.39, 0.29) is 12.5 Å². The Morgan fingerprint density at radius 1 is 1.29 bits per heavy atom. The molecule has 0 saturated carbocycles. The Morgan fingerprint density at radius 3 is 2.62 bits per heavy atom. The predicted octanol–water partition coefficient (Wildman–Crippen LogP) is 1.91. The average Bonchev–Trinajstić information content (AvgIpc) is 2.85. The fourth-order valence-corrected chi connectivity index (χ4v) is 2.43. The normalized spacial score (nSPS) is 14.1. The molecule has 2 rings (SSSR count). The molecular weight excluding hydrogens is 268 g/mol. The number of hydrogen-bond donors (Lipinski definition) is 2. The van der Waals surface area contributed by atoms with Gasteiger partial charge in [0.1, 0.15) is 5.54 Å². The molecule has 1 amide bonds. The fraction of sp³-hybridized carbons (Fsp3) is 0.500. The number of rotatable bonds is 5. The Labute approximate surface area is 125 Å². The van der Waals surface area contributed by atoms with Crippen LogP contribution in [0.1, 0.15) is 31.4 Å². The van der Waals surface area contributed by atoms with Crippen molar-refractivity contribution < 1.29 is 14.7 Å². The molecule has 1 aromatic carbocycles. The van der Waals surface area contributed by atoms with Gasteiger partial charge in [0, 0.05) is 5.69 Å². The van der Waals surface area contributed by atoms with Crippen LogP contribution in [0.25, 0.3) is 0 Å². The molecule has 5 nitrogen and oxygen atoms in total. The summed E-state index contributed by atoms with van der Waals surface area (Å²) in [5, 5.41) is 12.0. The second-order valence-electron chi connectivity index (χ2n) is 6.11. The summed E-state index contributed by atoms with van der Waals surface area (Å²) in [6.45, 7) is 3.20. The zero-order valence-electron chi connectivity index (χ0n) is 12.8. The molecule has 5 heteroatoms. The number of carboxylic acids is 1. The molecule has 1 aliphatic rings. The summed E-state index contributed by atoms with van der Waals surface area (Å²) in [5.41, 5.74) is 2.36. The number of nitrogens with zero attached hydrogens (tertiary/aromatic N) is 1. The molecule has 2 N–H and O–H groups in total. The second-order valence-corrected chi connectivity index (χ2v) is 6.11. The first-order valence-electron chi connectivity index (χ1n) is 7.17. The van der Waals surface area contributed by atoms with Crippen LogP contribution < -0.4 is 5.32 Å². The number of likely N-dealkylation sites (N-methyl/N-ethyl adjacent to an activating group) is 1. The number of anilines is 1. The minimum atomic E-state index is -1.07. The Hall–Kier alpha value is -1.88. The Bertz CT molecular complexity index is 567. The van der Waals surface area contributed by atoms with Crippen molar-refractivity contribution in [3.63, 3.8) is 0 Å². The third-order valence-corrected chi connectivity index (χ3v) is 4.24. The monoisotopic (exact) mass is 290 g/mol. The Balaban J connectivity index is 1.97. The van der Waals surface area contributed by atoms with Crippen LogP contribution in [0.2, 0.25) is 0 Å². The second kappa shape index (κ2) is 5.85. The lowest BCUT2D eigenvalue weighted by molar-refractivity contribution is -0.148. The van der Waals surface area contributed by atoms with Crippen molar-refractivity contribution in [1.82, 2.24) is 4.90 Å². The summed E-state index contributed by atoms with van der Waals surface area (Å²) in [7, 11) is 1.64. The smallest absolute Gasteiger partial charge is 0.323 e. The topological polar surface area (TPSA) is 69.6 Å². The highest BCUT2D eigenvalue weighted by Crippen LogP contribution is 2.24. The average molecular weight is 290 g/mol. The van der Waals surface area contributed by atoms with Gasteiger partial charge in [-0.1, -0.05) is 6.07 Å². The maximum atomic E-state index is 12.0. The lowest BCUT2D eigenvalue weighted by atomic mass is 10.0. The number of hydrogen-bond acceptors (Lipinski definition) is 3. The summed E-state index contributed by atoms with van der Waals surface area (Å²) >= 11 is 0. The van der Waals surface area contributed by atoms with Crippen LogP contribution in [0.15, 0.2) is 18.2 Å². The van der Waals surface area contributed by atoms with Gasteiger partial charge in [-0.25, -0.2) is 0 Å². The van der Waals surface area contributed by atoms with Gasteiger partial charge >= 0.3 is 5.97 Å². The van der Waals surface area contributed by atoms with Gasteiger partial charge in [0.2, 0.25) is 5.91 Å². The van der Waals surface area contributed by atoms with Crippen molar-refractivity contribution in [3.8, 4) is 0 Å². The summed E-state index contributed by atoms with van der Waals surface area (Å²) < 4.78 is 0. The summed E-state index contributed by atoms with van der Waals surface area (Å²) in [6.07, 6.45) is 3.34. The molecule has 21 heavy (non-hydrogen) atoms. The largest absolute Gasteiger partial charge is 0.480 e. The summed E-state index contributed by atoms with van der Waals surface area (Å²) in [4.78, 5) is 24.7. The Morgan fingerprint density at radius 2 is 1.95 bits per heavy atom. The van der Waals surface area contributed by atoms with Gasteiger partial charge in [-0.15, -0.1) is 0 Å². The van der Waals surface area contributed by atoms with Crippen molar-refractivity contribution in [2.75, 3.05) is 18.9 Å². The number of fused-ring (bicyclic) bond motifs is 1. The molecule has 0 aromatic heterocycles. The van der Waals surface area contributed by atoms with Crippen molar-refractivity contribution in [1.29, 1.82) is 0 Å². The van der Waals surface area contributed by atoms with Crippen LogP contribution in [-0.4, -0.2) is 41.0 Å². The molecule has 0 heterocycles. The number of aliphatic carboxylic acids is 1. The zero-order chi connectivity index (χ0) is 15.6. The van der Waals surface area contributed by atoms with Gasteiger partial charge in [-0.3, -0.25) is 14.5 Å². The molecule has 0 radical (unpaired) electrons. The molecular formula is C16H22N2O3. The van der Waals surface area contributed by atoms with E-state index >= 15 is 0 Å². The maximum Gasteiger partial charge on any atom is 0.323 e. The number of nitrogens with one attached hydrogen (secondary N) is 1. The molecule has 0 spiro atoms.